The number of fused-ring (bicyclic) bond motifs is 1. The van der Waals surface area contributed by atoms with Crippen LogP contribution in [0.5, 0.6) is 0 Å². The molecule has 0 saturated carbocycles. The first-order valence-electron chi connectivity index (χ1n) is 13.6. The van der Waals surface area contributed by atoms with E-state index in [2.05, 4.69) is 16.9 Å². The van der Waals surface area contributed by atoms with Gasteiger partial charge in [0.2, 0.25) is 5.82 Å². The molecule has 1 aliphatic heterocycles. The van der Waals surface area contributed by atoms with Gasteiger partial charge in [0.1, 0.15) is 11.6 Å². The largest absolute Gasteiger partial charge is 0.449 e. The van der Waals surface area contributed by atoms with Gasteiger partial charge in [-0.25, -0.2) is 13.8 Å². The van der Waals surface area contributed by atoms with Crippen molar-refractivity contribution in [1.82, 2.24) is 19.8 Å². The van der Waals surface area contributed by atoms with Gasteiger partial charge in [-0.1, -0.05) is 18.7 Å². The van der Waals surface area contributed by atoms with Crippen LogP contribution in [0.1, 0.15) is 49.8 Å². The van der Waals surface area contributed by atoms with Gasteiger partial charge in [-0.05, 0) is 69.5 Å². The van der Waals surface area contributed by atoms with Crippen LogP contribution in [0, 0.1) is 18.6 Å². The molecule has 0 radical (unpaired) electrons. The fourth-order valence-electron chi connectivity index (χ4n) is 5.31. The number of nitrogens with one attached hydrogen (secondary N) is 1. The highest BCUT2D eigenvalue weighted by Gasteiger charge is 2.40. The number of nitrogens with zero attached hydrogens (tertiary/aromatic N) is 4. The van der Waals surface area contributed by atoms with Crippen LogP contribution in [-0.4, -0.2) is 46.7 Å². The van der Waals surface area contributed by atoms with Crippen LogP contribution < -0.4 is 10.2 Å². The van der Waals surface area contributed by atoms with Crippen LogP contribution >= 0.6 is 0 Å². The monoisotopic (exact) mass is 575 g/mol. The lowest BCUT2D eigenvalue weighted by Crippen LogP contribution is -2.46. The third kappa shape index (κ3) is 7.09. The lowest BCUT2D eigenvalue weighted by atomic mass is 9.96. The maximum absolute atomic E-state index is 14.7. The standard InChI is InChI=1S/C31H38F5N5/c1-19-14-26(33)22(17-25(19)32)16-23(38-30(3,4)5)15-20(2)40-12-13-41-27(18-40)28(37-29(41)31(34,35)36)21-8-10-24(11-9-21)39(6)7/h8-11,14,17,23,38H,2,12-13,15-16,18H2,1,3-7H3. The number of anilines is 1. The number of rotatable bonds is 8. The maximum Gasteiger partial charge on any atom is 0.449 e. The summed E-state index contributed by atoms with van der Waals surface area (Å²) in [6, 6.07) is 9.42. The quantitative estimate of drug-likeness (QED) is 0.295. The minimum Gasteiger partial charge on any atom is -0.378 e. The zero-order valence-corrected chi connectivity index (χ0v) is 24.5. The summed E-state index contributed by atoms with van der Waals surface area (Å²) >= 11 is 0. The average Bonchev–Trinajstić information content (AvgIpc) is 3.26. The third-order valence-electron chi connectivity index (χ3n) is 7.28. The molecular weight excluding hydrogens is 537 g/mol. The van der Waals surface area contributed by atoms with E-state index in [1.54, 1.807) is 12.1 Å². The van der Waals surface area contributed by atoms with E-state index in [4.69, 9.17) is 0 Å². The predicted octanol–water partition coefficient (Wildman–Crippen LogP) is 6.94. The molecular formula is C31H38F5N5. The van der Waals surface area contributed by atoms with Crippen molar-refractivity contribution in [2.45, 2.75) is 71.4 Å². The molecule has 0 fully saturated rings. The van der Waals surface area contributed by atoms with Crippen LogP contribution in [0.4, 0.5) is 27.6 Å². The van der Waals surface area contributed by atoms with Crippen molar-refractivity contribution in [3.63, 3.8) is 0 Å². The van der Waals surface area contributed by atoms with Crippen LogP contribution in [0.2, 0.25) is 0 Å². The molecule has 0 bridgehead atoms. The van der Waals surface area contributed by atoms with E-state index >= 15 is 0 Å². The minimum atomic E-state index is -4.59. The van der Waals surface area contributed by atoms with Crippen molar-refractivity contribution >= 4 is 5.69 Å². The van der Waals surface area contributed by atoms with Crippen LogP contribution in [-0.2, 0) is 25.7 Å². The van der Waals surface area contributed by atoms with E-state index in [1.807, 2.05) is 56.8 Å². The molecule has 2 aromatic carbocycles. The van der Waals surface area contributed by atoms with E-state index in [-0.39, 0.29) is 42.2 Å². The molecule has 0 saturated heterocycles. The molecule has 0 amide bonds. The summed E-state index contributed by atoms with van der Waals surface area (Å²) in [7, 11) is 3.79. The second kappa shape index (κ2) is 11.5. The number of halogens is 5. The Bertz CT molecular complexity index is 1400. The van der Waals surface area contributed by atoms with Gasteiger partial charge in [0.05, 0.1) is 17.9 Å². The van der Waals surface area contributed by atoms with Crippen LogP contribution in [0.15, 0.2) is 48.7 Å². The van der Waals surface area contributed by atoms with Crippen molar-refractivity contribution in [3.05, 3.63) is 83.0 Å². The molecule has 0 spiro atoms. The van der Waals surface area contributed by atoms with Gasteiger partial charge >= 0.3 is 6.18 Å². The Morgan fingerprint density at radius 3 is 2.29 bits per heavy atom. The molecule has 1 N–H and O–H groups in total. The second-order valence-electron chi connectivity index (χ2n) is 12.0. The van der Waals surface area contributed by atoms with Crippen molar-refractivity contribution in [3.8, 4) is 11.3 Å². The zero-order valence-electron chi connectivity index (χ0n) is 24.5. The van der Waals surface area contributed by atoms with Crippen LogP contribution in [0.3, 0.4) is 0 Å². The first-order valence-corrected chi connectivity index (χ1v) is 13.6. The van der Waals surface area contributed by atoms with Crippen molar-refractivity contribution in [2.24, 2.45) is 0 Å². The Morgan fingerprint density at radius 2 is 1.71 bits per heavy atom. The first kappa shape index (κ1) is 30.6. The number of aromatic nitrogens is 2. The van der Waals surface area contributed by atoms with E-state index in [0.29, 0.717) is 35.6 Å². The number of aryl methyl sites for hydroxylation is 1. The first-order chi connectivity index (χ1) is 19.0. The molecule has 2 heterocycles. The Kier molecular flexibility index (Phi) is 8.55. The highest BCUT2D eigenvalue weighted by atomic mass is 19.4. The lowest BCUT2D eigenvalue weighted by molar-refractivity contribution is -0.147. The normalized spacial score (nSPS) is 14.7. The molecule has 41 heavy (non-hydrogen) atoms. The SMILES string of the molecule is C=C(CC(Cc1cc(F)c(C)cc1F)NC(C)(C)C)N1CCn2c(C(F)(F)F)nc(-c3ccc(N(C)C)cc3)c2C1. The van der Waals surface area contributed by atoms with Crippen molar-refractivity contribution in [2.75, 3.05) is 25.5 Å². The average molecular weight is 576 g/mol. The van der Waals surface area contributed by atoms with E-state index < -0.39 is 23.6 Å². The van der Waals surface area contributed by atoms with E-state index in [0.717, 1.165) is 5.69 Å². The summed E-state index contributed by atoms with van der Waals surface area (Å²) < 4.78 is 72.1. The summed E-state index contributed by atoms with van der Waals surface area (Å²) in [5.41, 5.74) is 3.18. The highest BCUT2D eigenvalue weighted by Crippen LogP contribution is 2.37. The smallest absolute Gasteiger partial charge is 0.378 e. The molecule has 1 aromatic heterocycles. The highest BCUT2D eigenvalue weighted by molar-refractivity contribution is 5.66. The molecule has 3 aromatic rings. The molecule has 5 nitrogen and oxygen atoms in total. The molecule has 10 heteroatoms. The summed E-state index contributed by atoms with van der Waals surface area (Å²) in [6.07, 6.45) is -3.96. The summed E-state index contributed by atoms with van der Waals surface area (Å²) in [6.45, 7) is 12.4. The number of benzene rings is 2. The van der Waals surface area contributed by atoms with Gasteiger partial charge in [0.25, 0.3) is 0 Å². The van der Waals surface area contributed by atoms with E-state index in [1.165, 1.54) is 23.6 Å². The molecule has 222 valence electrons. The Labute approximate surface area is 238 Å². The fraction of sp³-hybridized carbons (Fsp3) is 0.452. The van der Waals surface area contributed by atoms with Gasteiger partial charge in [-0.2, -0.15) is 13.2 Å². The second-order valence-corrected chi connectivity index (χ2v) is 12.0. The molecule has 1 atom stereocenters. The van der Waals surface area contributed by atoms with E-state index in [9.17, 15) is 22.0 Å². The number of hydrogen-bond donors (Lipinski definition) is 1. The maximum atomic E-state index is 14.7. The summed E-state index contributed by atoms with van der Waals surface area (Å²) in [5, 5.41) is 3.48. The Morgan fingerprint density at radius 1 is 1.05 bits per heavy atom. The Hall–Kier alpha value is -3.40. The van der Waals surface area contributed by atoms with Gasteiger partial charge in [-0.15, -0.1) is 0 Å². The van der Waals surface area contributed by atoms with Crippen molar-refractivity contribution < 1.29 is 22.0 Å². The number of imidazole rings is 1. The van der Waals surface area contributed by atoms with Gasteiger partial charge < -0.3 is 19.7 Å². The summed E-state index contributed by atoms with van der Waals surface area (Å²) in [5.74, 6) is -1.85. The molecule has 0 aliphatic carbocycles. The summed E-state index contributed by atoms with van der Waals surface area (Å²) in [4.78, 5) is 7.94. The minimum absolute atomic E-state index is 0.0984. The number of alkyl halides is 3. The molecule has 1 aliphatic rings. The number of hydrogen-bond acceptors (Lipinski definition) is 4. The fourth-order valence-corrected chi connectivity index (χ4v) is 5.31. The predicted molar refractivity (Wildman–Crippen MR) is 153 cm³/mol. The zero-order chi connectivity index (χ0) is 30.3. The topological polar surface area (TPSA) is 36.3 Å². The molecule has 1 unspecified atom stereocenters. The van der Waals surface area contributed by atoms with Gasteiger partial charge in [-0.3, -0.25) is 0 Å². The van der Waals surface area contributed by atoms with Crippen molar-refractivity contribution in [1.29, 1.82) is 0 Å². The van der Waals surface area contributed by atoms with Gasteiger partial charge in [0, 0.05) is 62.1 Å². The Balaban J connectivity index is 1.61. The van der Waals surface area contributed by atoms with Crippen LogP contribution in [0.25, 0.3) is 11.3 Å². The lowest BCUT2D eigenvalue weighted by Gasteiger charge is -2.36. The third-order valence-corrected chi connectivity index (χ3v) is 7.28. The van der Waals surface area contributed by atoms with Gasteiger partial charge in [0.15, 0.2) is 0 Å². The molecule has 4 rings (SSSR count).